The average Bonchev–Trinajstić information content (AvgIpc) is 3.39. The van der Waals surface area contributed by atoms with Crippen LogP contribution in [0.1, 0.15) is 61.6 Å². The zero-order chi connectivity index (χ0) is 17.4. The molecule has 25 heavy (non-hydrogen) atoms. The first-order chi connectivity index (χ1) is 12.1. The second kappa shape index (κ2) is 6.83. The smallest absolute Gasteiger partial charge is 0.233 e. The van der Waals surface area contributed by atoms with E-state index in [1.54, 1.807) is 0 Å². The lowest BCUT2D eigenvalue weighted by molar-refractivity contribution is -0.121. The normalized spacial score (nSPS) is 20.8. The Kier molecular flexibility index (Phi) is 4.54. The molecule has 4 rings (SSSR count). The van der Waals surface area contributed by atoms with Crippen molar-refractivity contribution in [1.82, 2.24) is 20.1 Å². The van der Waals surface area contributed by atoms with Crippen molar-refractivity contribution >= 4 is 17.7 Å². The number of carbonyl (C=O) groups is 1. The van der Waals surface area contributed by atoms with Crippen LogP contribution in [-0.2, 0) is 11.2 Å². The van der Waals surface area contributed by atoms with Gasteiger partial charge < -0.3 is 9.88 Å². The first-order valence-corrected chi connectivity index (χ1v) is 9.98. The summed E-state index contributed by atoms with van der Waals surface area (Å²) in [6.07, 6.45) is 5.62. The molecule has 2 aromatic rings. The molecule has 0 saturated heterocycles. The predicted octanol–water partition coefficient (Wildman–Crippen LogP) is 3.60. The highest BCUT2D eigenvalue weighted by atomic mass is 32.2. The number of nitrogens with one attached hydrogen (secondary N) is 1. The van der Waals surface area contributed by atoms with Gasteiger partial charge in [-0.3, -0.25) is 4.79 Å². The molecule has 5 nitrogen and oxygen atoms in total. The summed E-state index contributed by atoms with van der Waals surface area (Å²) in [5.74, 6) is 1.02. The standard InChI is InChI=1S/C19H24N4OS/c1-12(25-19-22-21-13(2)23(19)15-10-11-15)18(24)20-17-9-5-7-14-6-3-4-8-16(14)17/h3-4,6,8,12,15,17H,5,7,9-11H2,1-2H3,(H,20,24)/t12-,17-/m0/s1. The third-order valence-corrected chi connectivity index (χ3v) is 6.14. The summed E-state index contributed by atoms with van der Waals surface area (Å²) >= 11 is 1.51. The average molecular weight is 356 g/mol. The van der Waals surface area contributed by atoms with Gasteiger partial charge in [0.1, 0.15) is 5.82 Å². The van der Waals surface area contributed by atoms with E-state index in [9.17, 15) is 4.79 Å². The number of hydrogen-bond acceptors (Lipinski definition) is 4. The molecular weight excluding hydrogens is 332 g/mol. The van der Waals surface area contributed by atoms with Crippen LogP contribution in [0.15, 0.2) is 29.4 Å². The molecule has 2 atom stereocenters. The van der Waals surface area contributed by atoms with Gasteiger partial charge in [0.15, 0.2) is 5.16 Å². The van der Waals surface area contributed by atoms with Crippen molar-refractivity contribution in [3.63, 3.8) is 0 Å². The molecule has 1 saturated carbocycles. The van der Waals surface area contributed by atoms with Gasteiger partial charge in [-0.15, -0.1) is 10.2 Å². The van der Waals surface area contributed by atoms with Crippen molar-refractivity contribution in [3.8, 4) is 0 Å². The van der Waals surface area contributed by atoms with E-state index in [2.05, 4.69) is 44.3 Å². The van der Waals surface area contributed by atoms with E-state index in [1.807, 2.05) is 13.8 Å². The van der Waals surface area contributed by atoms with E-state index in [4.69, 9.17) is 0 Å². The fourth-order valence-electron chi connectivity index (χ4n) is 3.59. The lowest BCUT2D eigenvalue weighted by Gasteiger charge is -2.27. The highest BCUT2D eigenvalue weighted by Crippen LogP contribution is 2.39. The Morgan fingerprint density at radius 1 is 1.28 bits per heavy atom. The fourth-order valence-corrected chi connectivity index (χ4v) is 4.56. The number of benzene rings is 1. The maximum Gasteiger partial charge on any atom is 0.233 e. The van der Waals surface area contributed by atoms with Crippen LogP contribution in [0.25, 0.3) is 0 Å². The summed E-state index contributed by atoms with van der Waals surface area (Å²) in [5.41, 5.74) is 2.64. The van der Waals surface area contributed by atoms with Crippen LogP contribution < -0.4 is 5.32 Å². The van der Waals surface area contributed by atoms with Crippen molar-refractivity contribution in [2.45, 2.75) is 68.4 Å². The van der Waals surface area contributed by atoms with E-state index < -0.39 is 0 Å². The molecule has 1 aromatic carbocycles. The molecule has 1 fully saturated rings. The maximum absolute atomic E-state index is 12.7. The second-order valence-corrected chi connectivity index (χ2v) is 8.35. The summed E-state index contributed by atoms with van der Waals surface area (Å²) in [7, 11) is 0. The minimum absolute atomic E-state index is 0.0784. The van der Waals surface area contributed by atoms with Gasteiger partial charge in [0, 0.05) is 6.04 Å². The highest BCUT2D eigenvalue weighted by Gasteiger charge is 2.30. The van der Waals surface area contributed by atoms with Gasteiger partial charge in [-0.1, -0.05) is 36.0 Å². The van der Waals surface area contributed by atoms with Gasteiger partial charge in [-0.2, -0.15) is 0 Å². The van der Waals surface area contributed by atoms with Crippen LogP contribution in [0.3, 0.4) is 0 Å². The Hall–Kier alpha value is -1.82. The van der Waals surface area contributed by atoms with E-state index in [-0.39, 0.29) is 17.2 Å². The van der Waals surface area contributed by atoms with Crippen LogP contribution in [0.4, 0.5) is 0 Å². The minimum Gasteiger partial charge on any atom is -0.348 e. The minimum atomic E-state index is -0.185. The summed E-state index contributed by atoms with van der Waals surface area (Å²) in [6, 6.07) is 9.11. The fraction of sp³-hybridized carbons (Fsp3) is 0.526. The number of fused-ring (bicyclic) bond motifs is 1. The van der Waals surface area contributed by atoms with Gasteiger partial charge in [-0.25, -0.2) is 0 Å². The third-order valence-electron chi connectivity index (χ3n) is 5.08. The number of hydrogen-bond donors (Lipinski definition) is 1. The van der Waals surface area contributed by atoms with Crippen molar-refractivity contribution in [2.24, 2.45) is 0 Å². The van der Waals surface area contributed by atoms with Gasteiger partial charge in [0.05, 0.1) is 11.3 Å². The number of rotatable bonds is 5. The van der Waals surface area contributed by atoms with Gasteiger partial charge in [-0.05, 0) is 57.1 Å². The quantitative estimate of drug-likeness (QED) is 0.832. The maximum atomic E-state index is 12.7. The van der Waals surface area contributed by atoms with Crippen LogP contribution in [0, 0.1) is 6.92 Å². The van der Waals surface area contributed by atoms with E-state index in [0.29, 0.717) is 6.04 Å². The highest BCUT2D eigenvalue weighted by molar-refractivity contribution is 8.00. The van der Waals surface area contributed by atoms with Gasteiger partial charge in [0.25, 0.3) is 0 Å². The molecule has 0 radical (unpaired) electrons. The Balaban J connectivity index is 1.43. The molecule has 0 spiro atoms. The first kappa shape index (κ1) is 16.6. The number of carbonyl (C=O) groups excluding carboxylic acids is 1. The second-order valence-electron chi connectivity index (χ2n) is 7.04. The summed E-state index contributed by atoms with van der Waals surface area (Å²) < 4.78 is 2.18. The molecule has 0 bridgehead atoms. The van der Waals surface area contributed by atoms with Crippen LogP contribution >= 0.6 is 11.8 Å². The monoisotopic (exact) mass is 356 g/mol. The Labute approximate surface area is 152 Å². The first-order valence-electron chi connectivity index (χ1n) is 9.10. The molecule has 132 valence electrons. The SMILES string of the molecule is Cc1nnc(S[C@@H](C)C(=O)N[C@H]2CCCc3ccccc32)n1C1CC1. The summed E-state index contributed by atoms with van der Waals surface area (Å²) in [5, 5.41) is 12.4. The predicted molar refractivity (Wildman–Crippen MR) is 98.6 cm³/mol. The molecule has 2 aliphatic rings. The molecule has 1 heterocycles. The van der Waals surface area contributed by atoms with Crippen molar-refractivity contribution in [3.05, 3.63) is 41.2 Å². The van der Waals surface area contributed by atoms with Crippen LogP contribution in [0.5, 0.6) is 0 Å². The Bertz CT molecular complexity index is 783. The van der Waals surface area contributed by atoms with Gasteiger partial charge >= 0.3 is 0 Å². The van der Waals surface area contributed by atoms with Crippen molar-refractivity contribution in [1.29, 1.82) is 0 Å². The summed E-state index contributed by atoms with van der Waals surface area (Å²) in [6.45, 7) is 3.94. The summed E-state index contributed by atoms with van der Waals surface area (Å²) in [4.78, 5) is 12.7. The molecule has 6 heteroatoms. The van der Waals surface area contributed by atoms with Crippen molar-refractivity contribution < 1.29 is 4.79 Å². The Morgan fingerprint density at radius 2 is 2.08 bits per heavy atom. The lowest BCUT2D eigenvalue weighted by atomic mass is 9.88. The number of thioether (sulfide) groups is 1. The van der Waals surface area contributed by atoms with Crippen LogP contribution in [0.2, 0.25) is 0 Å². The Morgan fingerprint density at radius 3 is 2.88 bits per heavy atom. The zero-order valence-electron chi connectivity index (χ0n) is 14.7. The molecule has 2 aliphatic carbocycles. The molecule has 1 amide bonds. The van der Waals surface area contributed by atoms with E-state index in [1.165, 1.54) is 35.7 Å². The zero-order valence-corrected chi connectivity index (χ0v) is 15.6. The molecule has 1 aromatic heterocycles. The van der Waals surface area contributed by atoms with Crippen molar-refractivity contribution in [2.75, 3.05) is 0 Å². The van der Waals surface area contributed by atoms with Gasteiger partial charge in [0.2, 0.25) is 5.91 Å². The third kappa shape index (κ3) is 3.45. The molecule has 0 unspecified atom stereocenters. The molecule has 0 aliphatic heterocycles. The largest absolute Gasteiger partial charge is 0.348 e. The lowest BCUT2D eigenvalue weighted by Crippen LogP contribution is -2.36. The molecule has 1 N–H and O–H groups in total. The number of aromatic nitrogens is 3. The molecular formula is C19H24N4OS. The topological polar surface area (TPSA) is 59.8 Å². The van der Waals surface area contributed by atoms with E-state index >= 15 is 0 Å². The number of amides is 1. The number of aryl methyl sites for hydroxylation is 2. The number of nitrogens with zero attached hydrogens (tertiary/aromatic N) is 3. The van der Waals surface area contributed by atoms with Crippen LogP contribution in [-0.4, -0.2) is 25.9 Å². The van der Waals surface area contributed by atoms with E-state index in [0.717, 1.165) is 30.2 Å².